The van der Waals surface area contributed by atoms with Crippen molar-refractivity contribution in [2.24, 2.45) is 0 Å². The number of rotatable bonds is 5. The summed E-state index contributed by atoms with van der Waals surface area (Å²) < 4.78 is 3.74. The highest BCUT2D eigenvalue weighted by atomic mass is 16.3. The Kier molecular flexibility index (Phi) is 4.62. The highest BCUT2D eigenvalue weighted by Crippen LogP contribution is 2.32. The second-order valence-corrected chi connectivity index (χ2v) is 8.21. The average molecular weight is 419 g/mol. The minimum atomic E-state index is -0.489. The number of carbonyl (C=O) groups excluding carboxylic acids is 1. The van der Waals surface area contributed by atoms with Crippen molar-refractivity contribution in [3.63, 3.8) is 0 Å². The molecular weight excluding hydrogens is 394 g/mol. The number of aliphatic hydroxyl groups is 1. The van der Waals surface area contributed by atoms with Gasteiger partial charge in [0.15, 0.2) is 5.65 Å². The lowest BCUT2D eigenvalue weighted by Gasteiger charge is -2.32. The fraction of sp³-hybridized carbons (Fsp3) is 0.364. The van der Waals surface area contributed by atoms with E-state index in [1.54, 1.807) is 10.7 Å². The van der Waals surface area contributed by atoms with Gasteiger partial charge in [-0.05, 0) is 38.8 Å². The standard InChI is InChI=1S/C22H25N7O2/c1-12(2)28-11-15(13-5-4-8-24-20(13)28)17-9-19(23-3)29-21(26-17)14(10-25-29)22(31)27-16-6-7-18(16)30/h4-5,8-12,16,18,23,30H,6-7H2,1-3H3,(H,27,31)/t16?,18-/m0/s1. The molecule has 31 heavy (non-hydrogen) atoms. The first-order valence-electron chi connectivity index (χ1n) is 10.5. The number of amides is 1. The number of hydrogen-bond acceptors (Lipinski definition) is 6. The number of fused-ring (bicyclic) bond motifs is 2. The van der Waals surface area contributed by atoms with E-state index in [-0.39, 0.29) is 18.0 Å². The van der Waals surface area contributed by atoms with Crippen LogP contribution in [0.5, 0.6) is 0 Å². The van der Waals surface area contributed by atoms with E-state index in [2.05, 4.69) is 45.3 Å². The largest absolute Gasteiger partial charge is 0.391 e. The second-order valence-electron chi connectivity index (χ2n) is 8.21. The lowest BCUT2D eigenvalue weighted by atomic mass is 9.89. The number of aromatic nitrogens is 5. The molecule has 1 fully saturated rings. The van der Waals surface area contributed by atoms with Gasteiger partial charge in [0.25, 0.3) is 5.91 Å². The van der Waals surface area contributed by atoms with Crippen LogP contribution in [0.1, 0.15) is 43.1 Å². The van der Waals surface area contributed by atoms with Gasteiger partial charge in [0, 0.05) is 42.5 Å². The number of carbonyl (C=O) groups is 1. The van der Waals surface area contributed by atoms with Gasteiger partial charge in [-0.2, -0.15) is 9.61 Å². The molecule has 0 radical (unpaired) electrons. The van der Waals surface area contributed by atoms with Crippen molar-refractivity contribution < 1.29 is 9.90 Å². The van der Waals surface area contributed by atoms with Crippen LogP contribution in [0.3, 0.4) is 0 Å². The Labute approximate surface area is 179 Å². The van der Waals surface area contributed by atoms with E-state index in [0.29, 0.717) is 17.6 Å². The zero-order chi connectivity index (χ0) is 21.7. The summed E-state index contributed by atoms with van der Waals surface area (Å²) in [6, 6.07) is 5.89. The van der Waals surface area contributed by atoms with Crippen LogP contribution in [-0.2, 0) is 0 Å². The monoisotopic (exact) mass is 419 g/mol. The van der Waals surface area contributed by atoms with Crippen LogP contribution in [0.15, 0.2) is 36.8 Å². The number of aliphatic hydroxyl groups excluding tert-OH is 1. The molecule has 1 saturated carbocycles. The third kappa shape index (κ3) is 3.12. The van der Waals surface area contributed by atoms with Gasteiger partial charge in [-0.1, -0.05) is 0 Å². The van der Waals surface area contributed by atoms with Crippen molar-refractivity contribution in [1.82, 2.24) is 29.5 Å². The van der Waals surface area contributed by atoms with E-state index in [4.69, 9.17) is 4.98 Å². The van der Waals surface area contributed by atoms with Crippen LogP contribution < -0.4 is 10.6 Å². The van der Waals surface area contributed by atoms with Gasteiger partial charge >= 0.3 is 0 Å². The van der Waals surface area contributed by atoms with E-state index >= 15 is 0 Å². The Bertz CT molecular complexity index is 1290. The summed E-state index contributed by atoms with van der Waals surface area (Å²) in [5.74, 6) is 0.439. The van der Waals surface area contributed by atoms with Crippen molar-refractivity contribution in [2.45, 2.75) is 44.9 Å². The van der Waals surface area contributed by atoms with Gasteiger partial charge < -0.3 is 20.3 Å². The van der Waals surface area contributed by atoms with E-state index in [1.165, 1.54) is 6.20 Å². The molecule has 1 aliphatic carbocycles. The Morgan fingerprint density at radius 2 is 2.13 bits per heavy atom. The molecule has 0 aliphatic heterocycles. The zero-order valence-electron chi connectivity index (χ0n) is 17.7. The van der Waals surface area contributed by atoms with Crippen molar-refractivity contribution in [3.8, 4) is 11.3 Å². The third-order valence-electron chi connectivity index (χ3n) is 5.95. The van der Waals surface area contributed by atoms with Gasteiger partial charge in [0.1, 0.15) is 17.0 Å². The SMILES string of the molecule is CNc1cc(-c2cn(C(C)C)c3ncccc23)nc2c(C(=O)NC3CC[C@@H]3O)cnn12. The van der Waals surface area contributed by atoms with Crippen LogP contribution in [0.2, 0.25) is 0 Å². The summed E-state index contributed by atoms with van der Waals surface area (Å²) in [7, 11) is 1.81. The molecule has 0 bridgehead atoms. The molecule has 5 rings (SSSR count). The van der Waals surface area contributed by atoms with Crippen molar-refractivity contribution in [1.29, 1.82) is 0 Å². The molecule has 1 amide bonds. The Balaban J connectivity index is 1.65. The first kappa shape index (κ1) is 19.5. The third-order valence-corrected chi connectivity index (χ3v) is 5.95. The molecule has 0 aromatic carbocycles. The topological polar surface area (TPSA) is 109 Å². The molecule has 3 N–H and O–H groups in total. The minimum absolute atomic E-state index is 0.218. The molecule has 9 heteroatoms. The lowest BCUT2D eigenvalue weighted by Crippen LogP contribution is -2.50. The van der Waals surface area contributed by atoms with E-state index < -0.39 is 6.10 Å². The van der Waals surface area contributed by atoms with Crippen LogP contribution in [0.25, 0.3) is 27.9 Å². The minimum Gasteiger partial charge on any atom is -0.391 e. The smallest absolute Gasteiger partial charge is 0.257 e. The zero-order valence-corrected chi connectivity index (χ0v) is 17.7. The lowest BCUT2D eigenvalue weighted by molar-refractivity contribution is 0.0448. The maximum Gasteiger partial charge on any atom is 0.257 e. The molecule has 1 unspecified atom stereocenters. The van der Waals surface area contributed by atoms with E-state index in [1.807, 2.05) is 25.2 Å². The molecule has 160 valence electrons. The Morgan fingerprint density at radius 1 is 1.29 bits per heavy atom. The molecule has 9 nitrogen and oxygen atoms in total. The van der Waals surface area contributed by atoms with Crippen LogP contribution in [0, 0.1) is 0 Å². The first-order valence-corrected chi connectivity index (χ1v) is 10.5. The fourth-order valence-corrected chi connectivity index (χ4v) is 4.02. The predicted octanol–water partition coefficient (Wildman–Crippen LogP) is 2.62. The summed E-state index contributed by atoms with van der Waals surface area (Å²) in [6.45, 7) is 4.23. The first-order chi connectivity index (χ1) is 15.0. The van der Waals surface area contributed by atoms with Crippen molar-refractivity contribution in [3.05, 3.63) is 42.4 Å². The summed E-state index contributed by atoms with van der Waals surface area (Å²) in [5.41, 5.74) is 3.40. The van der Waals surface area contributed by atoms with Crippen LogP contribution in [0.4, 0.5) is 5.82 Å². The van der Waals surface area contributed by atoms with E-state index in [0.717, 1.165) is 34.5 Å². The average Bonchev–Trinajstić information content (AvgIpc) is 3.37. The normalized spacial score (nSPS) is 18.5. The number of hydrogen-bond donors (Lipinski definition) is 3. The Hall–Kier alpha value is -3.46. The number of nitrogens with zero attached hydrogens (tertiary/aromatic N) is 5. The van der Waals surface area contributed by atoms with E-state index in [9.17, 15) is 9.90 Å². The van der Waals surface area contributed by atoms with Gasteiger partial charge in [-0.15, -0.1) is 0 Å². The number of pyridine rings is 1. The maximum absolute atomic E-state index is 12.9. The molecule has 1 aliphatic rings. The molecule has 4 aromatic rings. The summed E-state index contributed by atoms with van der Waals surface area (Å²) >= 11 is 0. The van der Waals surface area contributed by atoms with Gasteiger partial charge in [-0.25, -0.2) is 9.97 Å². The highest BCUT2D eigenvalue weighted by Gasteiger charge is 2.31. The molecular formula is C22H25N7O2. The molecule has 4 heterocycles. The number of anilines is 1. The quantitative estimate of drug-likeness (QED) is 0.459. The second kappa shape index (κ2) is 7.35. The summed E-state index contributed by atoms with van der Waals surface area (Å²) in [4.78, 5) is 22.3. The maximum atomic E-state index is 12.9. The van der Waals surface area contributed by atoms with Crippen LogP contribution in [-0.4, -0.2) is 54.4 Å². The van der Waals surface area contributed by atoms with Crippen molar-refractivity contribution >= 4 is 28.4 Å². The van der Waals surface area contributed by atoms with Gasteiger partial charge in [-0.3, -0.25) is 4.79 Å². The Morgan fingerprint density at radius 3 is 2.81 bits per heavy atom. The summed E-state index contributed by atoms with van der Waals surface area (Å²) in [6.07, 6.45) is 6.36. The van der Waals surface area contributed by atoms with Crippen LogP contribution >= 0.6 is 0 Å². The molecule has 4 aromatic heterocycles. The number of nitrogens with one attached hydrogen (secondary N) is 2. The molecule has 0 spiro atoms. The fourth-order valence-electron chi connectivity index (χ4n) is 4.02. The molecule has 0 saturated heterocycles. The van der Waals surface area contributed by atoms with Gasteiger partial charge in [0.05, 0.1) is 24.0 Å². The van der Waals surface area contributed by atoms with Gasteiger partial charge in [0.2, 0.25) is 0 Å². The highest BCUT2D eigenvalue weighted by molar-refractivity contribution is 6.01. The van der Waals surface area contributed by atoms with Crippen molar-refractivity contribution in [2.75, 3.05) is 12.4 Å². The summed E-state index contributed by atoms with van der Waals surface area (Å²) in [5, 5.41) is 21.2. The molecule has 2 atom stereocenters. The predicted molar refractivity (Wildman–Crippen MR) is 118 cm³/mol.